The third kappa shape index (κ3) is 3.63. The van der Waals surface area contributed by atoms with E-state index in [-0.39, 0.29) is 11.4 Å². The third-order valence-electron chi connectivity index (χ3n) is 3.78. The summed E-state index contributed by atoms with van der Waals surface area (Å²) < 4.78 is 0. The molecule has 1 heterocycles. The number of halogens is 1. The molecule has 1 aromatic heterocycles. The Labute approximate surface area is 125 Å². The van der Waals surface area contributed by atoms with Crippen LogP contribution in [0.3, 0.4) is 0 Å². The first kappa shape index (κ1) is 15.1. The minimum Gasteiger partial charge on any atom is -0.370 e. The minimum absolute atomic E-state index is 0.0965. The monoisotopic (exact) mass is 295 g/mol. The van der Waals surface area contributed by atoms with E-state index >= 15 is 0 Å². The van der Waals surface area contributed by atoms with E-state index in [0.717, 1.165) is 25.8 Å². The zero-order chi connectivity index (χ0) is 14.6. The van der Waals surface area contributed by atoms with Crippen molar-refractivity contribution >= 4 is 23.3 Å². The van der Waals surface area contributed by atoms with Crippen LogP contribution in [0.4, 0.5) is 5.82 Å². The van der Waals surface area contributed by atoms with E-state index in [9.17, 15) is 4.79 Å². The van der Waals surface area contributed by atoms with E-state index in [0.29, 0.717) is 16.4 Å². The maximum Gasteiger partial charge on any atom is 0.253 e. The van der Waals surface area contributed by atoms with Gasteiger partial charge in [0.1, 0.15) is 5.82 Å². The van der Waals surface area contributed by atoms with E-state index in [2.05, 4.69) is 29.5 Å². The number of carbonyl (C=O) groups is 1. The first-order valence-corrected chi connectivity index (χ1v) is 7.64. The minimum atomic E-state index is -0.110. The van der Waals surface area contributed by atoms with Gasteiger partial charge in [-0.25, -0.2) is 4.98 Å². The highest BCUT2D eigenvalue weighted by molar-refractivity contribution is 6.33. The van der Waals surface area contributed by atoms with Gasteiger partial charge in [-0.05, 0) is 32.3 Å². The molecular weight excluding hydrogens is 274 g/mol. The number of rotatable bonds is 5. The number of hydrogen-bond donors (Lipinski definition) is 2. The fourth-order valence-corrected chi connectivity index (χ4v) is 2.77. The fraction of sp³-hybridized carbons (Fsp3) is 0.600. The summed E-state index contributed by atoms with van der Waals surface area (Å²) in [6.45, 7) is 5.01. The van der Waals surface area contributed by atoms with Crippen molar-refractivity contribution in [2.24, 2.45) is 0 Å². The molecule has 2 rings (SSSR count). The predicted octanol–water partition coefficient (Wildman–Crippen LogP) is 3.62. The molecular formula is C15H22ClN3O. The first-order chi connectivity index (χ1) is 9.54. The van der Waals surface area contributed by atoms with Crippen LogP contribution in [0.2, 0.25) is 5.02 Å². The summed E-state index contributed by atoms with van der Waals surface area (Å²) in [7, 11) is 0. The van der Waals surface area contributed by atoms with Gasteiger partial charge in [-0.2, -0.15) is 0 Å². The number of nitrogens with zero attached hydrogens (tertiary/aromatic N) is 1. The smallest absolute Gasteiger partial charge is 0.253 e. The molecule has 1 amide bonds. The van der Waals surface area contributed by atoms with Crippen molar-refractivity contribution in [2.75, 3.05) is 11.9 Å². The van der Waals surface area contributed by atoms with Crippen molar-refractivity contribution in [3.8, 4) is 0 Å². The lowest BCUT2D eigenvalue weighted by molar-refractivity contribution is 0.0908. The van der Waals surface area contributed by atoms with Gasteiger partial charge >= 0.3 is 0 Å². The quantitative estimate of drug-likeness (QED) is 0.872. The Kier molecular flexibility index (Phi) is 4.86. The summed E-state index contributed by atoms with van der Waals surface area (Å²) >= 11 is 6.10. The van der Waals surface area contributed by atoms with Gasteiger partial charge in [0.05, 0.1) is 10.6 Å². The van der Waals surface area contributed by atoms with Crippen LogP contribution in [-0.4, -0.2) is 23.0 Å². The van der Waals surface area contributed by atoms with Crippen LogP contribution >= 0.6 is 11.6 Å². The highest BCUT2D eigenvalue weighted by Gasteiger charge is 2.31. The highest BCUT2D eigenvalue weighted by atomic mass is 35.5. The van der Waals surface area contributed by atoms with Crippen LogP contribution in [0.5, 0.6) is 0 Å². The average Bonchev–Trinajstić information content (AvgIpc) is 2.84. The summed E-state index contributed by atoms with van der Waals surface area (Å²) in [5, 5.41) is 6.68. The molecule has 0 atom stereocenters. The summed E-state index contributed by atoms with van der Waals surface area (Å²) in [4.78, 5) is 16.6. The molecule has 0 saturated heterocycles. The molecule has 0 aromatic carbocycles. The summed E-state index contributed by atoms with van der Waals surface area (Å²) in [6.07, 6.45) is 6.94. The van der Waals surface area contributed by atoms with Gasteiger partial charge < -0.3 is 10.6 Å². The lowest BCUT2D eigenvalue weighted by atomic mass is 10.00. The zero-order valence-electron chi connectivity index (χ0n) is 12.1. The van der Waals surface area contributed by atoms with E-state index < -0.39 is 0 Å². The maximum atomic E-state index is 12.4. The number of hydrogen-bond acceptors (Lipinski definition) is 3. The van der Waals surface area contributed by atoms with Crippen molar-refractivity contribution in [2.45, 2.75) is 51.5 Å². The fourth-order valence-electron chi connectivity index (χ4n) is 2.58. The topological polar surface area (TPSA) is 54.0 Å². The third-order valence-corrected chi connectivity index (χ3v) is 4.08. The molecule has 1 aromatic rings. The molecule has 1 aliphatic carbocycles. The Bertz CT molecular complexity index is 484. The molecule has 1 saturated carbocycles. The largest absolute Gasteiger partial charge is 0.370 e. The molecule has 5 heteroatoms. The van der Waals surface area contributed by atoms with Crippen molar-refractivity contribution < 1.29 is 4.79 Å². The number of amides is 1. The number of carbonyl (C=O) groups excluding carboxylic acids is 1. The molecule has 20 heavy (non-hydrogen) atoms. The average molecular weight is 296 g/mol. The van der Waals surface area contributed by atoms with Crippen LogP contribution in [0.15, 0.2) is 12.3 Å². The second-order valence-electron chi connectivity index (χ2n) is 5.70. The molecule has 2 N–H and O–H groups in total. The second-order valence-corrected chi connectivity index (χ2v) is 6.11. The van der Waals surface area contributed by atoms with Gasteiger partial charge in [-0.1, -0.05) is 31.4 Å². The molecule has 110 valence electrons. The molecule has 1 fully saturated rings. The Morgan fingerprint density at radius 2 is 2.15 bits per heavy atom. The Balaban J connectivity index is 2.11. The van der Waals surface area contributed by atoms with Crippen LogP contribution in [0.25, 0.3) is 0 Å². The van der Waals surface area contributed by atoms with Crippen LogP contribution in [0.1, 0.15) is 56.3 Å². The van der Waals surface area contributed by atoms with Crippen LogP contribution in [0, 0.1) is 0 Å². The first-order valence-electron chi connectivity index (χ1n) is 7.26. The zero-order valence-corrected chi connectivity index (χ0v) is 12.9. The summed E-state index contributed by atoms with van der Waals surface area (Å²) in [5.41, 5.74) is 0.397. The van der Waals surface area contributed by atoms with E-state index in [1.807, 2.05) is 0 Å². The van der Waals surface area contributed by atoms with Crippen molar-refractivity contribution in [3.63, 3.8) is 0 Å². The summed E-state index contributed by atoms with van der Waals surface area (Å²) in [5.74, 6) is 0.583. The van der Waals surface area contributed by atoms with Crippen LogP contribution < -0.4 is 10.6 Å². The van der Waals surface area contributed by atoms with Crippen LogP contribution in [-0.2, 0) is 0 Å². The Morgan fingerprint density at radius 1 is 1.45 bits per heavy atom. The maximum absolute atomic E-state index is 12.4. The van der Waals surface area contributed by atoms with E-state index in [1.54, 1.807) is 6.07 Å². The normalized spacial score (nSPS) is 16.9. The molecule has 0 radical (unpaired) electrons. The van der Waals surface area contributed by atoms with Crippen molar-refractivity contribution in [1.82, 2.24) is 10.3 Å². The van der Waals surface area contributed by atoms with Crippen molar-refractivity contribution in [1.29, 1.82) is 0 Å². The van der Waals surface area contributed by atoms with E-state index in [4.69, 9.17) is 11.6 Å². The number of aromatic nitrogens is 1. The second kappa shape index (κ2) is 6.44. The molecule has 0 aliphatic heterocycles. The van der Waals surface area contributed by atoms with Gasteiger partial charge in [-0.15, -0.1) is 0 Å². The Morgan fingerprint density at radius 3 is 2.80 bits per heavy atom. The standard InChI is InChI=1S/C15H22ClN3O/c1-3-8-17-13-9-11(12(16)10-18-13)14(20)19-15(2)6-4-5-7-15/h9-10H,3-8H2,1-2H3,(H,17,18)(H,19,20). The molecule has 0 spiro atoms. The van der Waals surface area contributed by atoms with Gasteiger partial charge in [0.25, 0.3) is 5.91 Å². The van der Waals surface area contributed by atoms with Crippen molar-refractivity contribution in [3.05, 3.63) is 22.8 Å². The molecule has 0 bridgehead atoms. The SMILES string of the molecule is CCCNc1cc(C(=O)NC2(C)CCCC2)c(Cl)cn1. The molecule has 4 nitrogen and oxygen atoms in total. The van der Waals surface area contributed by atoms with Gasteiger partial charge in [0, 0.05) is 18.3 Å². The highest BCUT2D eigenvalue weighted by Crippen LogP contribution is 2.29. The molecule has 0 unspecified atom stereocenters. The lowest BCUT2D eigenvalue weighted by Crippen LogP contribution is -2.43. The summed E-state index contributed by atoms with van der Waals surface area (Å²) in [6, 6.07) is 1.73. The van der Waals surface area contributed by atoms with E-state index in [1.165, 1.54) is 19.0 Å². The number of anilines is 1. The lowest BCUT2D eigenvalue weighted by Gasteiger charge is -2.25. The van der Waals surface area contributed by atoms with Gasteiger partial charge in [0.2, 0.25) is 0 Å². The molecule has 1 aliphatic rings. The Hall–Kier alpha value is -1.29. The van der Waals surface area contributed by atoms with Gasteiger partial charge in [-0.3, -0.25) is 4.79 Å². The predicted molar refractivity (Wildman–Crippen MR) is 82.4 cm³/mol. The number of pyridine rings is 1. The number of nitrogens with one attached hydrogen (secondary N) is 2. The van der Waals surface area contributed by atoms with Gasteiger partial charge in [0.15, 0.2) is 0 Å².